The van der Waals surface area contributed by atoms with Crippen molar-refractivity contribution in [3.8, 4) is 0 Å². The lowest BCUT2D eigenvalue weighted by Gasteiger charge is -2.14. The molecule has 0 radical (unpaired) electrons. The van der Waals surface area contributed by atoms with Crippen LogP contribution in [0.5, 0.6) is 0 Å². The Morgan fingerprint density at radius 1 is 1.29 bits per heavy atom. The van der Waals surface area contributed by atoms with E-state index in [4.69, 9.17) is 4.42 Å². The summed E-state index contributed by atoms with van der Waals surface area (Å²) < 4.78 is 41.1. The van der Waals surface area contributed by atoms with E-state index in [0.717, 1.165) is 0 Å². The number of hydrogen-bond acceptors (Lipinski definition) is 2. The Hall–Kier alpha value is -1.00. The molecule has 0 saturated heterocycles. The normalized spacial score (nSPS) is 13.3. The van der Waals surface area contributed by atoms with E-state index in [9.17, 15) is 13.2 Å². The van der Waals surface area contributed by atoms with Crippen LogP contribution in [-0.2, 0) is 12.6 Å². The molecular weight excluding hydrogens is 195 g/mol. The molecule has 0 atom stereocenters. The lowest BCUT2D eigenvalue weighted by molar-refractivity contribution is -0.141. The maximum atomic E-state index is 12.1. The number of aromatic nitrogens is 1. The largest absolute Gasteiger partial charge is 0.448 e. The molecule has 80 valence electrons. The lowest BCUT2D eigenvalue weighted by Crippen LogP contribution is -2.10. The minimum atomic E-state index is -4.42. The van der Waals surface area contributed by atoms with E-state index in [-0.39, 0.29) is 11.3 Å². The summed E-state index contributed by atoms with van der Waals surface area (Å²) in [6.45, 7) is 5.72. The van der Waals surface area contributed by atoms with Gasteiger partial charge in [-0.1, -0.05) is 20.8 Å². The minimum absolute atomic E-state index is 0.129. The SMILES string of the molecule is CC(C)(C)Cc1nc(C(F)(F)F)co1. The molecule has 1 heterocycles. The van der Waals surface area contributed by atoms with Crippen molar-refractivity contribution in [2.45, 2.75) is 33.4 Å². The Morgan fingerprint density at radius 2 is 1.86 bits per heavy atom. The zero-order valence-corrected chi connectivity index (χ0v) is 8.27. The van der Waals surface area contributed by atoms with Crippen LogP contribution in [0.1, 0.15) is 32.4 Å². The molecule has 0 amide bonds. The van der Waals surface area contributed by atoms with E-state index in [1.54, 1.807) is 0 Å². The molecule has 14 heavy (non-hydrogen) atoms. The summed E-state index contributed by atoms with van der Waals surface area (Å²) in [6.07, 6.45) is -3.37. The molecule has 1 aromatic heterocycles. The van der Waals surface area contributed by atoms with Gasteiger partial charge in [0.05, 0.1) is 0 Å². The first-order valence-corrected chi connectivity index (χ1v) is 4.20. The molecule has 0 aromatic carbocycles. The Balaban J connectivity index is 2.79. The van der Waals surface area contributed by atoms with E-state index >= 15 is 0 Å². The molecule has 0 bridgehead atoms. The molecule has 0 aliphatic carbocycles. The predicted molar refractivity (Wildman–Crippen MR) is 44.7 cm³/mol. The Labute approximate surface area is 80.1 Å². The van der Waals surface area contributed by atoms with Gasteiger partial charge in [0.1, 0.15) is 6.26 Å². The molecule has 0 N–H and O–H groups in total. The van der Waals surface area contributed by atoms with E-state index in [2.05, 4.69) is 4.98 Å². The summed E-state index contributed by atoms with van der Waals surface area (Å²) in [5, 5.41) is 0. The molecule has 0 saturated carbocycles. The molecule has 0 unspecified atom stereocenters. The van der Waals surface area contributed by atoms with E-state index in [0.29, 0.717) is 12.7 Å². The Morgan fingerprint density at radius 3 is 2.21 bits per heavy atom. The van der Waals surface area contributed by atoms with E-state index in [1.165, 1.54) is 0 Å². The van der Waals surface area contributed by atoms with Crippen LogP contribution < -0.4 is 0 Å². The van der Waals surface area contributed by atoms with Crippen molar-refractivity contribution in [3.05, 3.63) is 17.8 Å². The van der Waals surface area contributed by atoms with Crippen molar-refractivity contribution in [3.63, 3.8) is 0 Å². The van der Waals surface area contributed by atoms with Gasteiger partial charge in [0.15, 0.2) is 11.6 Å². The third kappa shape index (κ3) is 3.05. The Bertz CT molecular complexity index is 309. The van der Waals surface area contributed by atoms with Crippen LogP contribution in [0.15, 0.2) is 10.7 Å². The van der Waals surface area contributed by atoms with Crippen LogP contribution in [0, 0.1) is 5.41 Å². The zero-order chi connectivity index (χ0) is 11.0. The molecule has 0 aliphatic heterocycles. The molecular formula is C9H12F3NO. The standard InChI is InChI=1S/C9H12F3NO/c1-8(2,3)4-7-13-6(5-14-7)9(10,11)12/h5H,4H2,1-3H3. The Kier molecular flexibility index (Phi) is 2.61. The minimum Gasteiger partial charge on any atom is -0.448 e. The van der Waals surface area contributed by atoms with Gasteiger partial charge in [0, 0.05) is 6.42 Å². The summed E-state index contributed by atoms with van der Waals surface area (Å²) in [6, 6.07) is 0. The van der Waals surface area contributed by atoms with Crippen molar-refractivity contribution in [2.24, 2.45) is 5.41 Å². The maximum Gasteiger partial charge on any atom is 0.436 e. The summed E-state index contributed by atoms with van der Waals surface area (Å²) in [5.41, 5.74) is -1.09. The summed E-state index contributed by atoms with van der Waals surface area (Å²) in [5.74, 6) is 0.129. The molecule has 0 fully saturated rings. The van der Waals surface area contributed by atoms with Crippen LogP contribution >= 0.6 is 0 Å². The first-order chi connectivity index (χ1) is 6.18. The van der Waals surface area contributed by atoms with Gasteiger partial charge >= 0.3 is 6.18 Å². The first kappa shape index (κ1) is 11.1. The van der Waals surface area contributed by atoms with Gasteiger partial charge in [-0.05, 0) is 5.41 Å². The highest BCUT2D eigenvalue weighted by molar-refractivity contribution is 5.01. The molecule has 0 spiro atoms. The van der Waals surface area contributed by atoms with Crippen molar-refractivity contribution in [1.29, 1.82) is 0 Å². The van der Waals surface area contributed by atoms with E-state index < -0.39 is 11.9 Å². The molecule has 1 rings (SSSR count). The number of alkyl halides is 3. The van der Waals surface area contributed by atoms with Gasteiger partial charge in [-0.15, -0.1) is 0 Å². The summed E-state index contributed by atoms with van der Waals surface area (Å²) in [7, 11) is 0. The number of hydrogen-bond donors (Lipinski definition) is 0. The number of halogens is 3. The van der Waals surface area contributed by atoms with Crippen molar-refractivity contribution >= 4 is 0 Å². The zero-order valence-electron chi connectivity index (χ0n) is 8.27. The second-order valence-corrected chi connectivity index (χ2v) is 4.36. The van der Waals surface area contributed by atoms with Crippen molar-refractivity contribution < 1.29 is 17.6 Å². The van der Waals surface area contributed by atoms with Gasteiger partial charge in [-0.3, -0.25) is 0 Å². The number of oxazole rings is 1. The summed E-state index contributed by atoms with van der Waals surface area (Å²) in [4.78, 5) is 3.38. The number of rotatable bonds is 1. The van der Waals surface area contributed by atoms with Crippen LogP contribution in [-0.4, -0.2) is 4.98 Å². The van der Waals surface area contributed by atoms with Crippen molar-refractivity contribution in [1.82, 2.24) is 4.98 Å². The maximum absolute atomic E-state index is 12.1. The fourth-order valence-corrected chi connectivity index (χ4v) is 0.976. The third-order valence-electron chi connectivity index (χ3n) is 1.52. The quantitative estimate of drug-likeness (QED) is 0.706. The number of nitrogens with zero attached hydrogens (tertiary/aromatic N) is 1. The van der Waals surface area contributed by atoms with Crippen LogP contribution in [0.25, 0.3) is 0 Å². The highest BCUT2D eigenvalue weighted by Crippen LogP contribution is 2.29. The molecule has 5 heteroatoms. The fourth-order valence-electron chi connectivity index (χ4n) is 0.976. The van der Waals surface area contributed by atoms with Gasteiger partial charge in [-0.25, -0.2) is 4.98 Å². The lowest BCUT2D eigenvalue weighted by atomic mass is 9.92. The monoisotopic (exact) mass is 207 g/mol. The van der Waals surface area contributed by atoms with Crippen LogP contribution in [0.2, 0.25) is 0 Å². The topological polar surface area (TPSA) is 26.0 Å². The molecule has 1 aromatic rings. The van der Waals surface area contributed by atoms with Crippen LogP contribution in [0.3, 0.4) is 0 Å². The second-order valence-electron chi connectivity index (χ2n) is 4.36. The van der Waals surface area contributed by atoms with Crippen molar-refractivity contribution in [2.75, 3.05) is 0 Å². The van der Waals surface area contributed by atoms with E-state index in [1.807, 2.05) is 20.8 Å². The molecule has 0 aliphatic rings. The van der Waals surface area contributed by atoms with Gasteiger partial charge in [0.25, 0.3) is 0 Å². The van der Waals surface area contributed by atoms with Gasteiger partial charge in [0.2, 0.25) is 0 Å². The predicted octanol–water partition coefficient (Wildman–Crippen LogP) is 3.28. The average molecular weight is 207 g/mol. The average Bonchev–Trinajstić information content (AvgIpc) is 2.29. The summed E-state index contributed by atoms with van der Waals surface area (Å²) >= 11 is 0. The van der Waals surface area contributed by atoms with Crippen LogP contribution in [0.4, 0.5) is 13.2 Å². The highest BCUT2D eigenvalue weighted by atomic mass is 19.4. The third-order valence-corrected chi connectivity index (χ3v) is 1.52. The smallest absolute Gasteiger partial charge is 0.436 e. The second kappa shape index (κ2) is 3.29. The van der Waals surface area contributed by atoms with Gasteiger partial charge in [-0.2, -0.15) is 13.2 Å². The first-order valence-electron chi connectivity index (χ1n) is 4.20. The molecule has 2 nitrogen and oxygen atoms in total. The fraction of sp³-hybridized carbons (Fsp3) is 0.667. The highest BCUT2D eigenvalue weighted by Gasteiger charge is 2.35. The van der Waals surface area contributed by atoms with Gasteiger partial charge < -0.3 is 4.42 Å².